The van der Waals surface area contributed by atoms with Crippen molar-refractivity contribution in [2.45, 2.75) is 47.9 Å². The molecule has 0 saturated carbocycles. The second-order valence-electron chi connectivity index (χ2n) is 7.38. The number of nitrogens with zero attached hydrogens (tertiary/aromatic N) is 3. The van der Waals surface area contributed by atoms with Gasteiger partial charge >= 0.3 is 5.97 Å². The molecule has 1 unspecified atom stereocenters. The maximum Gasteiger partial charge on any atom is 0.316 e. The summed E-state index contributed by atoms with van der Waals surface area (Å²) < 4.78 is 26.1. The number of hydrogen-bond donors (Lipinski definition) is 1. The van der Waals surface area contributed by atoms with E-state index in [2.05, 4.69) is 26.1 Å². The van der Waals surface area contributed by atoms with E-state index in [0.29, 0.717) is 14.8 Å². The first-order valence-corrected chi connectivity index (χ1v) is 14.0. The third kappa shape index (κ3) is 4.46. The third-order valence-electron chi connectivity index (χ3n) is 5.17. The van der Waals surface area contributed by atoms with Crippen LogP contribution >= 0.6 is 39.0 Å². The fraction of sp³-hybridized carbons (Fsp3) is 0.350. The molecule has 1 aliphatic rings. The van der Waals surface area contributed by atoms with Crippen molar-refractivity contribution in [3.05, 3.63) is 40.1 Å². The van der Waals surface area contributed by atoms with E-state index in [9.17, 15) is 18.3 Å². The summed E-state index contributed by atoms with van der Waals surface area (Å²) in [4.78, 5) is 12.7. The number of carboxylic acid groups (broad SMARTS) is 1. The predicted molar refractivity (Wildman–Crippen MR) is 125 cm³/mol. The van der Waals surface area contributed by atoms with Crippen molar-refractivity contribution in [1.29, 1.82) is 0 Å². The lowest BCUT2D eigenvalue weighted by molar-refractivity contribution is -0.136. The Bertz CT molecular complexity index is 1250. The Hall–Kier alpha value is -1.69. The average molecular weight is 543 g/mol. The van der Waals surface area contributed by atoms with E-state index in [1.54, 1.807) is 30.4 Å². The minimum Gasteiger partial charge on any atom is -0.480 e. The van der Waals surface area contributed by atoms with Crippen molar-refractivity contribution in [1.82, 2.24) is 14.8 Å². The lowest BCUT2D eigenvalue weighted by Crippen LogP contribution is -2.13. The standard InChI is InChI=1S/C20H20BrN3O4S3/c1-11(18(25)26)29-20-23-22-19(21)24(20)17-15-6-4-3-5-14(15)16(30-17)12-7-9-13(10-8-12)31(2,27)28/h7-11H,3-6H2,1-2H3,(H,25,26). The van der Waals surface area contributed by atoms with Crippen LogP contribution in [-0.2, 0) is 27.5 Å². The zero-order valence-electron chi connectivity index (χ0n) is 16.8. The number of fused-ring (bicyclic) bond motifs is 1. The molecular formula is C20H20BrN3O4S3. The molecule has 11 heteroatoms. The molecule has 7 nitrogen and oxygen atoms in total. The van der Waals surface area contributed by atoms with Gasteiger partial charge in [-0.1, -0.05) is 23.9 Å². The van der Waals surface area contributed by atoms with E-state index in [1.165, 1.54) is 17.4 Å². The summed E-state index contributed by atoms with van der Waals surface area (Å²) in [6.07, 6.45) is 5.25. The molecule has 3 aromatic rings. The van der Waals surface area contributed by atoms with Gasteiger partial charge in [0.2, 0.25) is 4.73 Å². The Morgan fingerprint density at radius 2 is 1.84 bits per heavy atom. The van der Waals surface area contributed by atoms with Gasteiger partial charge in [0.15, 0.2) is 15.0 Å². The molecule has 0 amide bonds. The number of sulfone groups is 1. The van der Waals surface area contributed by atoms with Crippen LogP contribution in [0.15, 0.2) is 39.1 Å². The predicted octanol–water partition coefficient (Wildman–Crippen LogP) is 4.61. The quantitative estimate of drug-likeness (QED) is 0.454. The van der Waals surface area contributed by atoms with Crippen LogP contribution in [0.25, 0.3) is 15.4 Å². The third-order valence-corrected chi connectivity index (χ3v) is 9.15. The number of hydrogen-bond acceptors (Lipinski definition) is 7. The zero-order valence-corrected chi connectivity index (χ0v) is 20.9. The summed E-state index contributed by atoms with van der Waals surface area (Å²) >= 11 is 6.23. The molecule has 0 aliphatic heterocycles. The van der Waals surface area contributed by atoms with Crippen LogP contribution in [0.4, 0.5) is 0 Å². The smallest absolute Gasteiger partial charge is 0.316 e. The van der Waals surface area contributed by atoms with Gasteiger partial charge in [0.1, 0.15) is 10.3 Å². The maximum atomic E-state index is 11.8. The molecule has 4 rings (SSSR count). The topological polar surface area (TPSA) is 102 Å². The van der Waals surface area contributed by atoms with Crippen molar-refractivity contribution in [3.63, 3.8) is 0 Å². The highest BCUT2D eigenvalue weighted by molar-refractivity contribution is 9.10. The number of carbonyl (C=O) groups is 1. The van der Waals surface area contributed by atoms with Gasteiger partial charge in [-0.25, -0.2) is 8.42 Å². The molecule has 0 radical (unpaired) electrons. The Morgan fingerprint density at radius 3 is 2.45 bits per heavy atom. The van der Waals surface area contributed by atoms with Gasteiger partial charge in [0.25, 0.3) is 0 Å². The first-order chi connectivity index (χ1) is 14.7. The van der Waals surface area contributed by atoms with Crippen LogP contribution < -0.4 is 0 Å². The Morgan fingerprint density at radius 1 is 1.19 bits per heavy atom. The van der Waals surface area contributed by atoms with Gasteiger partial charge < -0.3 is 5.11 Å². The van der Waals surface area contributed by atoms with Crippen LogP contribution in [-0.4, -0.2) is 45.8 Å². The van der Waals surface area contributed by atoms with Crippen molar-refractivity contribution >= 4 is 54.8 Å². The largest absolute Gasteiger partial charge is 0.480 e. The van der Waals surface area contributed by atoms with Gasteiger partial charge in [-0.3, -0.25) is 9.36 Å². The lowest BCUT2D eigenvalue weighted by Gasteiger charge is -2.15. The number of halogens is 1. The van der Waals surface area contributed by atoms with Crippen molar-refractivity contribution in [3.8, 4) is 15.4 Å². The minimum atomic E-state index is -3.25. The molecule has 164 valence electrons. The van der Waals surface area contributed by atoms with E-state index in [4.69, 9.17) is 0 Å². The number of benzene rings is 1. The molecule has 0 saturated heterocycles. The monoisotopic (exact) mass is 541 g/mol. The van der Waals surface area contributed by atoms with Crippen LogP contribution in [0.2, 0.25) is 0 Å². The fourth-order valence-corrected chi connectivity index (χ4v) is 7.13. The number of rotatable bonds is 6. The molecule has 0 spiro atoms. The van der Waals surface area contributed by atoms with Crippen molar-refractivity contribution in [2.24, 2.45) is 0 Å². The number of aliphatic carboxylic acids is 1. The van der Waals surface area contributed by atoms with Crippen LogP contribution in [0.1, 0.15) is 30.9 Å². The van der Waals surface area contributed by atoms with Crippen LogP contribution in [0, 0.1) is 0 Å². The Labute approximate surface area is 196 Å². The Kier molecular flexibility index (Phi) is 6.30. The lowest BCUT2D eigenvalue weighted by atomic mass is 9.91. The van der Waals surface area contributed by atoms with Gasteiger partial charge in [-0.05, 0) is 77.4 Å². The van der Waals surface area contributed by atoms with E-state index in [0.717, 1.165) is 52.9 Å². The fourth-order valence-electron chi connectivity index (χ4n) is 3.59. The molecule has 1 aromatic carbocycles. The van der Waals surface area contributed by atoms with E-state index in [1.807, 2.05) is 16.7 Å². The van der Waals surface area contributed by atoms with E-state index in [-0.39, 0.29) is 0 Å². The highest BCUT2D eigenvalue weighted by Crippen LogP contribution is 2.44. The van der Waals surface area contributed by atoms with Gasteiger partial charge in [-0.15, -0.1) is 21.5 Å². The number of carboxylic acids is 1. The summed E-state index contributed by atoms with van der Waals surface area (Å²) in [5.41, 5.74) is 3.46. The molecular weight excluding hydrogens is 522 g/mol. The number of thiophene rings is 1. The maximum absolute atomic E-state index is 11.8. The van der Waals surface area contributed by atoms with Gasteiger partial charge in [-0.2, -0.15) is 0 Å². The SMILES string of the molecule is CC(Sc1nnc(Br)n1-c1sc(-c2ccc(S(C)(=O)=O)cc2)c2c1CCCC2)C(=O)O. The van der Waals surface area contributed by atoms with Crippen LogP contribution in [0.5, 0.6) is 0 Å². The molecule has 1 aliphatic carbocycles. The van der Waals surface area contributed by atoms with Crippen molar-refractivity contribution < 1.29 is 18.3 Å². The first kappa shape index (κ1) is 22.5. The highest BCUT2D eigenvalue weighted by atomic mass is 79.9. The van der Waals surface area contributed by atoms with E-state index < -0.39 is 21.1 Å². The summed E-state index contributed by atoms with van der Waals surface area (Å²) in [5, 5.41) is 18.5. The zero-order chi connectivity index (χ0) is 22.3. The summed E-state index contributed by atoms with van der Waals surface area (Å²) in [7, 11) is -3.25. The molecule has 1 atom stereocenters. The molecule has 0 fully saturated rings. The minimum absolute atomic E-state index is 0.296. The summed E-state index contributed by atoms with van der Waals surface area (Å²) in [5.74, 6) is -0.907. The number of aromatic nitrogens is 3. The number of thioether (sulfide) groups is 1. The van der Waals surface area contributed by atoms with E-state index >= 15 is 0 Å². The van der Waals surface area contributed by atoms with Crippen molar-refractivity contribution in [2.75, 3.05) is 6.26 Å². The summed E-state index contributed by atoms with van der Waals surface area (Å²) in [6, 6.07) is 6.99. The normalized spacial score (nSPS) is 14.9. The molecule has 1 N–H and O–H groups in total. The van der Waals surface area contributed by atoms with Gasteiger partial charge in [0.05, 0.1) is 4.90 Å². The second-order valence-corrected chi connectivity index (χ2v) is 12.4. The average Bonchev–Trinajstić information content (AvgIpc) is 3.27. The van der Waals surface area contributed by atoms with Crippen LogP contribution in [0.3, 0.4) is 0 Å². The highest BCUT2D eigenvalue weighted by Gasteiger charge is 2.27. The molecule has 2 heterocycles. The Balaban J connectivity index is 1.83. The second kappa shape index (κ2) is 8.68. The summed E-state index contributed by atoms with van der Waals surface area (Å²) in [6.45, 7) is 1.62. The van der Waals surface area contributed by atoms with Gasteiger partial charge in [0, 0.05) is 11.1 Å². The molecule has 2 aromatic heterocycles. The molecule has 0 bridgehead atoms. The molecule has 31 heavy (non-hydrogen) atoms. The first-order valence-electron chi connectivity index (χ1n) is 9.62.